The largest absolute Gasteiger partial charge is 0.361 e. The number of fused-ring (bicyclic) bond motifs is 1. The normalized spacial score (nSPS) is 15.3. The molecule has 3 aromatic heterocycles. The summed E-state index contributed by atoms with van der Waals surface area (Å²) in [5.41, 5.74) is 4.26. The van der Waals surface area contributed by atoms with Gasteiger partial charge in [0.15, 0.2) is 0 Å². The predicted molar refractivity (Wildman–Crippen MR) is 117 cm³/mol. The average molecular weight is 435 g/mol. The Morgan fingerprint density at radius 3 is 2.63 bits per heavy atom. The molecule has 1 saturated heterocycles. The zero-order chi connectivity index (χ0) is 20.8. The first-order valence-electron chi connectivity index (χ1n) is 9.02. The van der Waals surface area contributed by atoms with Gasteiger partial charge < -0.3 is 4.52 Å². The van der Waals surface area contributed by atoms with Gasteiger partial charge in [-0.05, 0) is 61.5 Å². The number of carbonyl (C=O) groups excluding carboxylic acids is 2. The van der Waals surface area contributed by atoms with E-state index in [-0.39, 0.29) is 11.1 Å². The molecule has 2 amide bonds. The molecule has 1 aliphatic rings. The molecule has 30 heavy (non-hydrogen) atoms. The van der Waals surface area contributed by atoms with Gasteiger partial charge in [0, 0.05) is 10.3 Å². The molecular formula is C21H14N4O3S2. The molecule has 0 unspecified atom stereocenters. The maximum Gasteiger partial charge on any atom is 0.290 e. The number of thioether (sulfide) groups is 1. The fraction of sp³-hybridized carbons (Fsp3) is 0.0952. The van der Waals surface area contributed by atoms with Gasteiger partial charge in [-0.25, -0.2) is 9.97 Å². The summed E-state index contributed by atoms with van der Waals surface area (Å²) in [6, 6.07) is 9.75. The third-order valence-corrected chi connectivity index (χ3v) is 6.64. The van der Waals surface area contributed by atoms with Gasteiger partial charge in [-0.3, -0.25) is 14.9 Å². The minimum Gasteiger partial charge on any atom is -0.361 e. The van der Waals surface area contributed by atoms with Crippen LogP contribution in [0.5, 0.6) is 0 Å². The SMILES string of the molecule is Cc1noc(C)c1-c1ccc(-c2ncnc3ccc(/C=C4/SC(=O)NC4=O)cc23)s1. The number of carbonyl (C=O) groups is 2. The van der Waals surface area contributed by atoms with Crippen molar-refractivity contribution in [3.63, 3.8) is 0 Å². The Morgan fingerprint density at radius 1 is 1.07 bits per heavy atom. The zero-order valence-corrected chi connectivity index (χ0v) is 17.6. The lowest BCUT2D eigenvalue weighted by atomic mass is 10.1. The van der Waals surface area contributed by atoms with Gasteiger partial charge in [0.1, 0.15) is 12.1 Å². The molecule has 0 saturated carbocycles. The van der Waals surface area contributed by atoms with Gasteiger partial charge in [-0.15, -0.1) is 11.3 Å². The minimum absolute atomic E-state index is 0.360. The van der Waals surface area contributed by atoms with Gasteiger partial charge in [0.05, 0.1) is 32.3 Å². The second-order valence-corrected chi connectivity index (χ2v) is 8.81. The quantitative estimate of drug-likeness (QED) is 0.455. The molecular weight excluding hydrogens is 420 g/mol. The van der Waals surface area contributed by atoms with Crippen molar-refractivity contribution in [2.24, 2.45) is 0 Å². The predicted octanol–water partition coefficient (Wildman–Crippen LogP) is 4.95. The number of aromatic nitrogens is 3. The number of aryl methyl sites for hydroxylation is 2. The first-order chi connectivity index (χ1) is 14.5. The van der Waals surface area contributed by atoms with Crippen LogP contribution in [0.2, 0.25) is 0 Å². The number of amides is 2. The first kappa shape index (κ1) is 18.7. The summed E-state index contributed by atoms with van der Waals surface area (Å²) in [5.74, 6) is 0.404. The summed E-state index contributed by atoms with van der Waals surface area (Å²) in [6.45, 7) is 3.82. The van der Waals surface area contributed by atoms with Crippen molar-refractivity contribution < 1.29 is 14.1 Å². The topological polar surface area (TPSA) is 98.0 Å². The van der Waals surface area contributed by atoms with E-state index in [1.54, 1.807) is 23.7 Å². The maximum absolute atomic E-state index is 11.9. The first-order valence-corrected chi connectivity index (χ1v) is 10.7. The Hall–Kier alpha value is -3.30. The van der Waals surface area contributed by atoms with Crippen LogP contribution in [-0.2, 0) is 4.79 Å². The van der Waals surface area contributed by atoms with Crippen molar-refractivity contribution in [1.29, 1.82) is 0 Å². The van der Waals surface area contributed by atoms with E-state index in [1.165, 1.54) is 0 Å². The molecule has 9 heteroatoms. The standard InChI is InChI=1S/C21H14N4O3S2/c1-10-18(11(2)28-25-10)15-5-6-16(29-15)19-13-7-12(3-4-14(13)22-9-23-19)8-17-20(26)24-21(27)30-17/h3-9H,1-2H3,(H,24,26,27)/b17-8+. The van der Waals surface area contributed by atoms with Gasteiger partial charge in [-0.1, -0.05) is 11.2 Å². The fourth-order valence-electron chi connectivity index (χ4n) is 3.37. The number of rotatable bonds is 3. The van der Waals surface area contributed by atoms with Crippen molar-refractivity contribution >= 4 is 51.2 Å². The van der Waals surface area contributed by atoms with Gasteiger partial charge >= 0.3 is 0 Å². The van der Waals surface area contributed by atoms with Crippen LogP contribution in [0.25, 0.3) is 38.0 Å². The monoisotopic (exact) mass is 434 g/mol. The lowest BCUT2D eigenvalue weighted by molar-refractivity contribution is -0.115. The second kappa shape index (κ2) is 7.19. The van der Waals surface area contributed by atoms with Crippen LogP contribution in [-0.4, -0.2) is 26.3 Å². The maximum atomic E-state index is 11.9. The van der Waals surface area contributed by atoms with Crippen LogP contribution >= 0.6 is 23.1 Å². The lowest BCUT2D eigenvalue weighted by Gasteiger charge is -2.04. The molecule has 0 spiro atoms. The second-order valence-electron chi connectivity index (χ2n) is 6.71. The molecule has 0 aliphatic carbocycles. The summed E-state index contributed by atoms with van der Waals surface area (Å²) in [4.78, 5) is 34.6. The molecule has 0 atom stereocenters. The van der Waals surface area contributed by atoms with Crippen LogP contribution in [0.3, 0.4) is 0 Å². The van der Waals surface area contributed by atoms with E-state index in [9.17, 15) is 9.59 Å². The molecule has 0 radical (unpaired) electrons. The van der Waals surface area contributed by atoms with E-state index in [0.29, 0.717) is 4.91 Å². The number of imide groups is 1. The van der Waals surface area contributed by atoms with Crippen LogP contribution in [0.1, 0.15) is 17.0 Å². The summed E-state index contributed by atoms with van der Waals surface area (Å²) >= 11 is 2.50. The van der Waals surface area contributed by atoms with Crippen molar-refractivity contribution in [1.82, 2.24) is 20.4 Å². The highest BCUT2D eigenvalue weighted by Gasteiger charge is 2.25. The van der Waals surface area contributed by atoms with Crippen LogP contribution in [0.4, 0.5) is 4.79 Å². The van der Waals surface area contributed by atoms with Crippen LogP contribution in [0, 0.1) is 13.8 Å². The zero-order valence-electron chi connectivity index (χ0n) is 15.9. The lowest BCUT2D eigenvalue weighted by Crippen LogP contribution is -2.17. The van der Waals surface area contributed by atoms with E-state index in [0.717, 1.165) is 60.7 Å². The number of hydrogen-bond acceptors (Lipinski definition) is 8. The van der Waals surface area contributed by atoms with Crippen molar-refractivity contribution in [3.05, 3.63) is 58.6 Å². The number of nitrogens with one attached hydrogen (secondary N) is 1. The summed E-state index contributed by atoms with van der Waals surface area (Å²) in [5, 5.41) is 6.81. The highest BCUT2D eigenvalue weighted by molar-refractivity contribution is 8.18. The number of thiophene rings is 1. The molecule has 1 fully saturated rings. The van der Waals surface area contributed by atoms with Gasteiger partial charge in [0.25, 0.3) is 11.1 Å². The summed E-state index contributed by atoms with van der Waals surface area (Å²) < 4.78 is 5.30. The number of benzene rings is 1. The van der Waals surface area contributed by atoms with E-state index in [1.807, 2.05) is 44.2 Å². The highest BCUT2D eigenvalue weighted by atomic mass is 32.2. The van der Waals surface area contributed by atoms with E-state index in [2.05, 4.69) is 20.4 Å². The number of hydrogen-bond donors (Lipinski definition) is 1. The Bertz CT molecular complexity index is 1350. The van der Waals surface area contributed by atoms with Crippen molar-refractivity contribution in [3.8, 4) is 21.0 Å². The van der Waals surface area contributed by atoms with E-state index < -0.39 is 0 Å². The molecule has 4 aromatic rings. The number of nitrogens with zero attached hydrogens (tertiary/aromatic N) is 3. The smallest absolute Gasteiger partial charge is 0.290 e. The minimum atomic E-state index is -0.378. The molecule has 7 nitrogen and oxygen atoms in total. The Balaban J connectivity index is 1.59. The molecule has 148 valence electrons. The Kier molecular flexibility index (Phi) is 4.48. The third-order valence-electron chi connectivity index (χ3n) is 4.72. The highest BCUT2D eigenvalue weighted by Crippen LogP contribution is 2.39. The van der Waals surface area contributed by atoms with Crippen molar-refractivity contribution in [2.75, 3.05) is 0 Å². The van der Waals surface area contributed by atoms with E-state index >= 15 is 0 Å². The van der Waals surface area contributed by atoms with E-state index in [4.69, 9.17) is 4.52 Å². The van der Waals surface area contributed by atoms with Crippen LogP contribution < -0.4 is 5.32 Å². The molecule has 1 aromatic carbocycles. The summed E-state index contributed by atoms with van der Waals surface area (Å²) in [6.07, 6.45) is 3.24. The Morgan fingerprint density at radius 2 is 1.90 bits per heavy atom. The summed E-state index contributed by atoms with van der Waals surface area (Å²) in [7, 11) is 0. The molecule has 5 rings (SSSR count). The molecule has 0 bridgehead atoms. The van der Waals surface area contributed by atoms with Crippen LogP contribution in [0.15, 0.2) is 46.1 Å². The molecule has 1 N–H and O–H groups in total. The average Bonchev–Trinajstić information content (AvgIpc) is 3.41. The van der Waals surface area contributed by atoms with Gasteiger partial charge in [0.2, 0.25) is 0 Å². The molecule has 1 aliphatic heterocycles. The van der Waals surface area contributed by atoms with Crippen molar-refractivity contribution in [2.45, 2.75) is 13.8 Å². The molecule has 4 heterocycles. The Labute approximate surface area is 179 Å². The van der Waals surface area contributed by atoms with Gasteiger partial charge in [-0.2, -0.15) is 0 Å². The fourth-order valence-corrected chi connectivity index (χ4v) is 5.21. The third kappa shape index (κ3) is 3.21.